The van der Waals surface area contributed by atoms with Crippen molar-refractivity contribution in [2.75, 3.05) is 26.7 Å². The van der Waals surface area contributed by atoms with Gasteiger partial charge in [-0.05, 0) is 30.5 Å². The minimum atomic E-state index is 0.629. The Morgan fingerprint density at radius 1 is 1.50 bits per heavy atom. The molecule has 1 aromatic rings. The number of hydrogen-bond donors (Lipinski definition) is 1. The molecule has 0 radical (unpaired) electrons. The van der Waals surface area contributed by atoms with Crippen LogP contribution in [0.1, 0.15) is 12.0 Å². The normalized spacial score (nSPS) is 15.4. The lowest BCUT2D eigenvalue weighted by Gasteiger charge is -2.31. The molecule has 1 aliphatic heterocycles. The van der Waals surface area contributed by atoms with Gasteiger partial charge in [0.1, 0.15) is 5.75 Å². The standard InChI is InChI=1S/C13H18ClN3O/c1-18-12-9-10(3-4-11(12)14)5-6-16-13(15)17-7-2-8-17/h3-4,9H,2,5-8H2,1H3,(H2,15,16). The topological polar surface area (TPSA) is 50.9 Å². The Morgan fingerprint density at radius 2 is 2.28 bits per heavy atom. The maximum Gasteiger partial charge on any atom is 0.191 e. The van der Waals surface area contributed by atoms with Gasteiger partial charge < -0.3 is 15.4 Å². The van der Waals surface area contributed by atoms with E-state index in [1.807, 2.05) is 18.2 Å². The molecule has 0 aliphatic carbocycles. The fraction of sp³-hybridized carbons (Fsp3) is 0.462. The maximum atomic E-state index is 5.97. The number of nitrogens with two attached hydrogens (primary N) is 1. The van der Waals surface area contributed by atoms with Crippen LogP contribution < -0.4 is 10.5 Å². The third-order valence-corrected chi connectivity index (χ3v) is 3.38. The van der Waals surface area contributed by atoms with Crippen molar-refractivity contribution >= 4 is 17.6 Å². The zero-order valence-electron chi connectivity index (χ0n) is 10.5. The van der Waals surface area contributed by atoms with E-state index in [1.165, 1.54) is 6.42 Å². The van der Waals surface area contributed by atoms with Gasteiger partial charge in [0.15, 0.2) is 5.96 Å². The maximum absolute atomic E-state index is 5.97. The van der Waals surface area contributed by atoms with E-state index in [-0.39, 0.29) is 0 Å². The quantitative estimate of drug-likeness (QED) is 0.670. The molecule has 1 aromatic carbocycles. The molecular weight excluding hydrogens is 250 g/mol. The predicted molar refractivity (Wildman–Crippen MR) is 74.4 cm³/mol. The van der Waals surface area contributed by atoms with E-state index in [1.54, 1.807) is 7.11 Å². The number of ether oxygens (including phenoxy) is 1. The molecule has 0 amide bonds. The first-order valence-corrected chi connectivity index (χ1v) is 6.46. The van der Waals surface area contributed by atoms with Crippen LogP contribution in [0.4, 0.5) is 0 Å². The van der Waals surface area contributed by atoms with Crippen LogP contribution >= 0.6 is 11.6 Å². The lowest BCUT2D eigenvalue weighted by molar-refractivity contribution is 0.296. The van der Waals surface area contributed by atoms with Gasteiger partial charge >= 0.3 is 0 Å². The largest absolute Gasteiger partial charge is 0.495 e. The van der Waals surface area contributed by atoms with Gasteiger partial charge in [0, 0.05) is 19.6 Å². The SMILES string of the molecule is COc1cc(CCN=C(N)N2CCC2)ccc1Cl. The van der Waals surface area contributed by atoms with E-state index in [9.17, 15) is 0 Å². The third kappa shape index (κ3) is 3.07. The average Bonchev–Trinajstić information content (AvgIpc) is 2.29. The van der Waals surface area contributed by atoms with E-state index in [2.05, 4.69) is 9.89 Å². The molecule has 5 heteroatoms. The Labute approximate surface area is 112 Å². The Balaban J connectivity index is 1.89. The van der Waals surface area contributed by atoms with Gasteiger partial charge in [-0.1, -0.05) is 17.7 Å². The van der Waals surface area contributed by atoms with Gasteiger partial charge in [0.25, 0.3) is 0 Å². The molecule has 0 saturated carbocycles. The Bertz CT molecular complexity index is 444. The van der Waals surface area contributed by atoms with Crippen molar-refractivity contribution in [1.82, 2.24) is 4.90 Å². The first kappa shape index (κ1) is 13.0. The van der Waals surface area contributed by atoms with Gasteiger partial charge in [-0.3, -0.25) is 4.99 Å². The van der Waals surface area contributed by atoms with Crippen molar-refractivity contribution in [3.8, 4) is 5.75 Å². The van der Waals surface area contributed by atoms with Crippen LogP contribution in [0.5, 0.6) is 5.75 Å². The summed E-state index contributed by atoms with van der Waals surface area (Å²) in [6.45, 7) is 2.75. The molecule has 1 saturated heterocycles. The summed E-state index contributed by atoms with van der Waals surface area (Å²) in [6.07, 6.45) is 2.05. The van der Waals surface area contributed by atoms with Crippen LogP contribution in [0.15, 0.2) is 23.2 Å². The van der Waals surface area contributed by atoms with Gasteiger partial charge in [0.2, 0.25) is 0 Å². The van der Waals surface area contributed by atoms with Gasteiger partial charge in [0.05, 0.1) is 12.1 Å². The summed E-state index contributed by atoms with van der Waals surface area (Å²) in [5.74, 6) is 1.36. The highest BCUT2D eigenvalue weighted by Crippen LogP contribution is 2.25. The Hall–Kier alpha value is -1.42. The highest BCUT2D eigenvalue weighted by Gasteiger charge is 2.15. The molecule has 0 spiro atoms. The molecule has 2 N–H and O–H groups in total. The summed E-state index contributed by atoms with van der Waals surface area (Å²) in [4.78, 5) is 6.45. The summed E-state index contributed by atoms with van der Waals surface area (Å²) in [6, 6.07) is 5.77. The second-order valence-electron chi connectivity index (χ2n) is 4.30. The molecule has 1 heterocycles. The van der Waals surface area contributed by atoms with E-state index in [4.69, 9.17) is 22.1 Å². The van der Waals surface area contributed by atoms with Crippen molar-refractivity contribution in [2.45, 2.75) is 12.8 Å². The number of likely N-dealkylation sites (tertiary alicyclic amines) is 1. The second-order valence-corrected chi connectivity index (χ2v) is 4.71. The summed E-state index contributed by atoms with van der Waals surface area (Å²) in [5, 5.41) is 0.629. The summed E-state index contributed by atoms with van der Waals surface area (Å²) in [7, 11) is 1.62. The highest BCUT2D eigenvalue weighted by molar-refractivity contribution is 6.32. The molecule has 0 unspecified atom stereocenters. The van der Waals surface area contributed by atoms with Crippen molar-refractivity contribution in [1.29, 1.82) is 0 Å². The molecule has 4 nitrogen and oxygen atoms in total. The number of hydrogen-bond acceptors (Lipinski definition) is 2. The van der Waals surface area contributed by atoms with E-state index in [0.29, 0.717) is 23.3 Å². The minimum Gasteiger partial charge on any atom is -0.495 e. The van der Waals surface area contributed by atoms with Crippen molar-refractivity contribution in [3.63, 3.8) is 0 Å². The first-order chi connectivity index (χ1) is 8.70. The summed E-state index contributed by atoms with van der Waals surface area (Å²) < 4.78 is 5.18. The van der Waals surface area contributed by atoms with E-state index < -0.39 is 0 Å². The number of rotatable bonds is 4. The fourth-order valence-electron chi connectivity index (χ4n) is 1.80. The van der Waals surface area contributed by atoms with Gasteiger partial charge in [-0.15, -0.1) is 0 Å². The first-order valence-electron chi connectivity index (χ1n) is 6.08. The molecular formula is C13H18ClN3O. The molecule has 1 aliphatic rings. The van der Waals surface area contributed by atoms with Gasteiger partial charge in [-0.25, -0.2) is 0 Å². The molecule has 98 valence electrons. The van der Waals surface area contributed by atoms with Crippen LogP contribution in [-0.2, 0) is 6.42 Å². The minimum absolute atomic E-state index is 0.629. The number of nitrogens with zero attached hydrogens (tertiary/aromatic N) is 2. The number of halogens is 1. The summed E-state index contributed by atoms with van der Waals surface area (Å²) in [5.41, 5.74) is 7.00. The monoisotopic (exact) mass is 267 g/mol. The third-order valence-electron chi connectivity index (χ3n) is 3.07. The lowest BCUT2D eigenvalue weighted by Crippen LogP contribution is -2.46. The van der Waals surface area contributed by atoms with E-state index in [0.717, 1.165) is 25.1 Å². The number of aliphatic imine (C=N–C) groups is 1. The highest BCUT2D eigenvalue weighted by atomic mass is 35.5. The van der Waals surface area contributed by atoms with Crippen LogP contribution in [0, 0.1) is 0 Å². The molecule has 18 heavy (non-hydrogen) atoms. The molecule has 2 rings (SSSR count). The molecule has 1 fully saturated rings. The average molecular weight is 268 g/mol. The summed E-state index contributed by atoms with van der Waals surface area (Å²) >= 11 is 5.97. The second kappa shape index (κ2) is 5.96. The lowest BCUT2D eigenvalue weighted by atomic mass is 10.1. The molecule has 0 aromatic heterocycles. The van der Waals surface area contributed by atoms with Crippen LogP contribution in [-0.4, -0.2) is 37.6 Å². The van der Waals surface area contributed by atoms with Crippen LogP contribution in [0.2, 0.25) is 5.02 Å². The fourth-order valence-corrected chi connectivity index (χ4v) is 2.00. The zero-order valence-corrected chi connectivity index (χ0v) is 11.3. The van der Waals surface area contributed by atoms with Crippen molar-refractivity contribution < 1.29 is 4.74 Å². The van der Waals surface area contributed by atoms with Crippen LogP contribution in [0.3, 0.4) is 0 Å². The number of benzene rings is 1. The van der Waals surface area contributed by atoms with Crippen molar-refractivity contribution in [3.05, 3.63) is 28.8 Å². The predicted octanol–water partition coefficient (Wildman–Crippen LogP) is 1.91. The van der Waals surface area contributed by atoms with Crippen molar-refractivity contribution in [2.24, 2.45) is 10.7 Å². The Kier molecular flexibility index (Phi) is 4.31. The Morgan fingerprint density at radius 3 is 2.89 bits per heavy atom. The van der Waals surface area contributed by atoms with Gasteiger partial charge in [-0.2, -0.15) is 0 Å². The smallest absolute Gasteiger partial charge is 0.191 e. The zero-order chi connectivity index (χ0) is 13.0. The molecule has 0 atom stereocenters. The molecule has 0 bridgehead atoms. The number of guanidine groups is 1. The van der Waals surface area contributed by atoms with E-state index >= 15 is 0 Å². The van der Waals surface area contributed by atoms with Crippen LogP contribution in [0.25, 0.3) is 0 Å². The number of methoxy groups -OCH3 is 1.